The van der Waals surface area contributed by atoms with E-state index in [1.54, 1.807) is 60.7 Å². The number of para-hydroxylation sites is 1. The third kappa shape index (κ3) is 6.18. The van der Waals surface area contributed by atoms with E-state index in [0.717, 1.165) is 5.56 Å². The largest absolute Gasteiger partial charge is 0.494 e. The first-order valence-corrected chi connectivity index (χ1v) is 9.71. The molecule has 3 aromatic rings. The minimum Gasteiger partial charge on any atom is -0.494 e. The Labute approximate surface area is 180 Å². The van der Waals surface area contributed by atoms with Crippen molar-refractivity contribution >= 4 is 17.7 Å². The fourth-order valence-corrected chi connectivity index (χ4v) is 2.78. The summed E-state index contributed by atoms with van der Waals surface area (Å²) < 4.78 is 24.3. The molecular weight excluding hydrogens is 395 g/mol. The van der Waals surface area contributed by atoms with E-state index in [9.17, 15) is 14.4 Å². The fraction of sp³-hybridized carbons (Fsp3) is 0.120. The van der Waals surface area contributed by atoms with E-state index in [4.69, 9.17) is 9.47 Å². The van der Waals surface area contributed by atoms with E-state index in [-0.39, 0.29) is 18.0 Å². The molecule has 0 heterocycles. The zero-order valence-electron chi connectivity index (χ0n) is 17.0. The van der Waals surface area contributed by atoms with Crippen LogP contribution in [0.1, 0.15) is 18.1 Å². The lowest BCUT2D eigenvalue weighted by molar-refractivity contribution is -0.112. The Bertz CT molecular complexity index is 1100. The van der Waals surface area contributed by atoms with E-state index in [0.29, 0.717) is 29.4 Å². The van der Waals surface area contributed by atoms with Gasteiger partial charge in [0.1, 0.15) is 35.6 Å². The predicted octanol–water partition coefficient (Wildman–Crippen LogP) is 5.35. The van der Waals surface area contributed by atoms with Crippen molar-refractivity contribution < 1.29 is 18.7 Å². The molecule has 0 radical (unpaired) electrons. The van der Waals surface area contributed by atoms with Gasteiger partial charge in [-0.25, -0.2) is 4.39 Å². The van der Waals surface area contributed by atoms with Gasteiger partial charge >= 0.3 is 0 Å². The smallest absolute Gasteiger partial charge is 0.266 e. The third-order valence-electron chi connectivity index (χ3n) is 4.31. The topological polar surface area (TPSA) is 71.3 Å². The molecule has 0 spiro atoms. The molecule has 31 heavy (non-hydrogen) atoms. The van der Waals surface area contributed by atoms with Crippen molar-refractivity contribution in [3.63, 3.8) is 0 Å². The van der Waals surface area contributed by atoms with Gasteiger partial charge in [-0.1, -0.05) is 30.3 Å². The number of hydrogen-bond acceptors (Lipinski definition) is 4. The first-order valence-electron chi connectivity index (χ1n) is 9.71. The number of rotatable bonds is 8. The molecule has 1 N–H and O–H groups in total. The van der Waals surface area contributed by atoms with Crippen molar-refractivity contribution in [3.05, 3.63) is 95.3 Å². The number of carbonyl (C=O) groups excluding carboxylic acids is 1. The van der Waals surface area contributed by atoms with Crippen LogP contribution in [0.25, 0.3) is 6.08 Å². The molecule has 0 aliphatic rings. The van der Waals surface area contributed by atoms with E-state index in [2.05, 4.69) is 5.32 Å². The quantitative estimate of drug-likeness (QED) is 0.397. The first kappa shape index (κ1) is 21.6. The van der Waals surface area contributed by atoms with Gasteiger partial charge in [0.05, 0.1) is 6.61 Å². The summed E-state index contributed by atoms with van der Waals surface area (Å²) in [5, 5.41) is 12.2. The molecule has 0 saturated heterocycles. The van der Waals surface area contributed by atoms with Gasteiger partial charge in [0.25, 0.3) is 5.91 Å². The van der Waals surface area contributed by atoms with Crippen LogP contribution in [0.15, 0.2) is 78.4 Å². The van der Waals surface area contributed by atoms with E-state index < -0.39 is 5.91 Å². The van der Waals surface area contributed by atoms with Crippen LogP contribution in [0.3, 0.4) is 0 Å². The summed E-state index contributed by atoms with van der Waals surface area (Å²) in [6.45, 7) is 2.67. The molecule has 3 rings (SSSR count). The fourth-order valence-electron chi connectivity index (χ4n) is 2.78. The molecule has 0 aromatic heterocycles. The van der Waals surface area contributed by atoms with Crippen molar-refractivity contribution in [3.8, 4) is 17.6 Å². The van der Waals surface area contributed by atoms with E-state index in [1.165, 1.54) is 18.2 Å². The Morgan fingerprint density at radius 1 is 1.03 bits per heavy atom. The van der Waals surface area contributed by atoms with E-state index in [1.807, 2.05) is 13.0 Å². The van der Waals surface area contributed by atoms with Gasteiger partial charge in [0.15, 0.2) is 0 Å². The van der Waals surface area contributed by atoms with Crippen molar-refractivity contribution in [1.29, 1.82) is 5.26 Å². The molecule has 0 bridgehead atoms. The van der Waals surface area contributed by atoms with Crippen LogP contribution < -0.4 is 14.8 Å². The molecule has 0 aliphatic carbocycles. The Balaban J connectivity index is 1.73. The van der Waals surface area contributed by atoms with Gasteiger partial charge < -0.3 is 14.8 Å². The minimum absolute atomic E-state index is 0.0632. The summed E-state index contributed by atoms with van der Waals surface area (Å²) in [6.07, 6.45) is 1.48. The highest BCUT2D eigenvalue weighted by molar-refractivity contribution is 6.09. The van der Waals surface area contributed by atoms with Gasteiger partial charge in [-0.05, 0) is 61.0 Å². The maximum absolute atomic E-state index is 13.1. The van der Waals surface area contributed by atoms with Crippen LogP contribution >= 0.6 is 0 Å². The molecule has 0 atom stereocenters. The molecular formula is C25H21FN2O3. The maximum atomic E-state index is 13.1. The van der Waals surface area contributed by atoms with Gasteiger partial charge in [-0.2, -0.15) is 5.26 Å². The first-order chi connectivity index (χ1) is 15.1. The molecule has 3 aromatic carbocycles. The number of anilines is 1. The predicted molar refractivity (Wildman–Crippen MR) is 117 cm³/mol. The van der Waals surface area contributed by atoms with Gasteiger partial charge in [0.2, 0.25) is 0 Å². The maximum Gasteiger partial charge on any atom is 0.266 e. The van der Waals surface area contributed by atoms with E-state index >= 15 is 0 Å². The lowest BCUT2D eigenvalue weighted by Crippen LogP contribution is -2.13. The highest BCUT2D eigenvalue weighted by Gasteiger charge is 2.12. The highest BCUT2D eigenvalue weighted by Crippen LogP contribution is 2.23. The Kier molecular flexibility index (Phi) is 7.39. The summed E-state index contributed by atoms with van der Waals surface area (Å²) in [4.78, 5) is 12.6. The number of nitrogens with one attached hydrogen (secondary N) is 1. The van der Waals surface area contributed by atoms with Crippen molar-refractivity contribution in [1.82, 2.24) is 0 Å². The number of carbonyl (C=O) groups is 1. The number of ether oxygens (including phenoxy) is 2. The summed E-state index contributed by atoms with van der Waals surface area (Å²) in [5.74, 6) is 0.363. The molecule has 0 fully saturated rings. The summed E-state index contributed by atoms with van der Waals surface area (Å²) in [6, 6.07) is 21.9. The summed E-state index contributed by atoms with van der Waals surface area (Å²) in [7, 11) is 0. The normalized spacial score (nSPS) is 10.8. The Morgan fingerprint density at radius 2 is 1.74 bits per heavy atom. The van der Waals surface area contributed by atoms with Gasteiger partial charge in [0, 0.05) is 11.3 Å². The zero-order chi connectivity index (χ0) is 22.1. The van der Waals surface area contributed by atoms with Crippen molar-refractivity contribution in [2.45, 2.75) is 13.5 Å². The lowest BCUT2D eigenvalue weighted by atomic mass is 10.1. The molecule has 156 valence electrons. The van der Waals surface area contributed by atoms with Crippen LogP contribution in [0.2, 0.25) is 0 Å². The third-order valence-corrected chi connectivity index (χ3v) is 4.31. The van der Waals surface area contributed by atoms with Crippen molar-refractivity contribution in [2.75, 3.05) is 11.9 Å². The average Bonchev–Trinajstić information content (AvgIpc) is 2.79. The van der Waals surface area contributed by atoms with Crippen LogP contribution in [0.4, 0.5) is 10.1 Å². The lowest BCUT2D eigenvalue weighted by Gasteiger charge is -2.10. The number of benzene rings is 3. The number of halogens is 1. The molecule has 6 heteroatoms. The number of hydrogen-bond donors (Lipinski definition) is 1. The van der Waals surface area contributed by atoms with Gasteiger partial charge in [-0.3, -0.25) is 4.79 Å². The molecule has 0 saturated carbocycles. The highest BCUT2D eigenvalue weighted by atomic mass is 19.1. The average molecular weight is 416 g/mol. The van der Waals surface area contributed by atoms with Crippen LogP contribution in [0.5, 0.6) is 11.5 Å². The Morgan fingerprint density at radius 3 is 2.42 bits per heavy atom. The second-order valence-electron chi connectivity index (χ2n) is 6.53. The Hall–Kier alpha value is -4.11. The molecule has 1 amide bonds. The molecule has 0 aliphatic heterocycles. The van der Waals surface area contributed by atoms with Crippen LogP contribution in [-0.4, -0.2) is 12.5 Å². The molecule has 0 unspecified atom stereocenters. The minimum atomic E-state index is -0.528. The van der Waals surface area contributed by atoms with Crippen LogP contribution in [0, 0.1) is 17.1 Å². The number of nitriles is 1. The summed E-state index contributed by atoms with van der Waals surface area (Å²) in [5.41, 5.74) is 1.87. The second kappa shape index (κ2) is 10.6. The molecule has 5 nitrogen and oxygen atoms in total. The number of amides is 1. The van der Waals surface area contributed by atoms with Crippen molar-refractivity contribution in [2.24, 2.45) is 0 Å². The second-order valence-corrected chi connectivity index (χ2v) is 6.53. The SMILES string of the molecule is CCOc1ccc(NC(=O)/C(C#N)=C/c2ccccc2OCc2ccc(F)cc2)cc1. The zero-order valence-corrected chi connectivity index (χ0v) is 17.0. The summed E-state index contributed by atoms with van der Waals surface area (Å²) >= 11 is 0. The van der Waals surface area contributed by atoms with Crippen LogP contribution in [-0.2, 0) is 11.4 Å². The monoisotopic (exact) mass is 416 g/mol. The standard InChI is InChI=1S/C25H21FN2O3/c1-2-30-23-13-11-22(12-14-23)28-25(29)20(16-27)15-19-5-3-4-6-24(19)31-17-18-7-9-21(26)10-8-18/h3-15H,2,17H2,1H3,(H,28,29)/b20-15+. The van der Waals surface area contributed by atoms with Gasteiger partial charge in [-0.15, -0.1) is 0 Å². The number of nitrogens with zero attached hydrogens (tertiary/aromatic N) is 1.